The highest BCUT2D eigenvalue weighted by molar-refractivity contribution is 7.80. The van der Waals surface area contributed by atoms with Crippen molar-refractivity contribution in [2.24, 2.45) is 0 Å². The molecule has 23 heavy (non-hydrogen) atoms. The highest BCUT2D eigenvalue weighted by atomic mass is 32.1. The lowest BCUT2D eigenvalue weighted by atomic mass is 10.1. The van der Waals surface area contributed by atoms with E-state index in [1.165, 1.54) is 11.1 Å². The molecule has 0 bridgehead atoms. The molecule has 0 radical (unpaired) electrons. The summed E-state index contributed by atoms with van der Waals surface area (Å²) in [6.07, 6.45) is 1.07. The standard InChI is InChI=1S/C18H28N2O2S/c1-12-10-14(3)15(11-13(12)2)20-17(23)19-9-7-8-16(21)22-18(4,5)6/h10-11H,7-9H2,1-6H3,(H2,19,20,23). The average molecular weight is 337 g/mol. The molecule has 1 aromatic carbocycles. The van der Waals surface area contributed by atoms with Gasteiger partial charge in [-0.25, -0.2) is 0 Å². The third-order valence-corrected chi connectivity index (χ3v) is 3.60. The largest absolute Gasteiger partial charge is 0.460 e. The Morgan fingerprint density at radius 2 is 1.74 bits per heavy atom. The lowest BCUT2D eigenvalue weighted by Crippen LogP contribution is -2.30. The fourth-order valence-corrected chi connectivity index (χ4v) is 2.30. The van der Waals surface area contributed by atoms with Crippen LogP contribution in [0, 0.1) is 20.8 Å². The molecule has 128 valence electrons. The zero-order valence-electron chi connectivity index (χ0n) is 15.0. The van der Waals surface area contributed by atoms with Crippen LogP contribution in [0.2, 0.25) is 0 Å². The van der Waals surface area contributed by atoms with E-state index in [9.17, 15) is 4.79 Å². The number of esters is 1. The zero-order valence-corrected chi connectivity index (χ0v) is 15.8. The molecule has 0 atom stereocenters. The van der Waals surface area contributed by atoms with Crippen molar-refractivity contribution in [3.8, 4) is 0 Å². The lowest BCUT2D eigenvalue weighted by Gasteiger charge is -2.19. The summed E-state index contributed by atoms with van der Waals surface area (Å²) in [5.41, 5.74) is 4.24. The molecule has 0 saturated heterocycles. The first-order chi connectivity index (χ1) is 10.6. The summed E-state index contributed by atoms with van der Waals surface area (Å²) in [4.78, 5) is 11.6. The van der Waals surface area contributed by atoms with Crippen LogP contribution < -0.4 is 10.6 Å². The van der Waals surface area contributed by atoms with E-state index in [1.54, 1.807) is 0 Å². The van der Waals surface area contributed by atoms with Crippen LogP contribution in [0.5, 0.6) is 0 Å². The van der Waals surface area contributed by atoms with Crippen LogP contribution in [0.25, 0.3) is 0 Å². The van der Waals surface area contributed by atoms with Crippen molar-refractivity contribution in [3.63, 3.8) is 0 Å². The quantitative estimate of drug-likeness (QED) is 0.483. The smallest absolute Gasteiger partial charge is 0.306 e. The van der Waals surface area contributed by atoms with Gasteiger partial charge in [0.2, 0.25) is 0 Å². The molecule has 0 aliphatic carbocycles. The first-order valence-corrected chi connectivity index (χ1v) is 8.34. The summed E-state index contributed by atoms with van der Waals surface area (Å²) in [7, 11) is 0. The number of carbonyl (C=O) groups excluding carboxylic acids is 1. The molecule has 1 aromatic rings. The predicted molar refractivity (Wildman–Crippen MR) is 100.0 cm³/mol. The van der Waals surface area contributed by atoms with Crippen LogP contribution >= 0.6 is 12.2 Å². The molecular weight excluding hydrogens is 308 g/mol. The van der Waals surface area contributed by atoms with Crippen LogP contribution in [0.3, 0.4) is 0 Å². The molecule has 0 aliphatic heterocycles. The molecular formula is C18H28N2O2S. The number of thiocarbonyl (C=S) groups is 1. The van der Waals surface area contributed by atoms with Crippen LogP contribution in [0.15, 0.2) is 12.1 Å². The topological polar surface area (TPSA) is 50.4 Å². The van der Waals surface area contributed by atoms with Gasteiger partial charge in [0.25, 0.3) is 0 Å². The maximum absolute atomic E-state index is 11.6. The second kappa shape index (κ2) is 8.29. The molecule has 5 heteroatoms. The summed E-state index contributed by atoms with van der Waals surface area (Å²) >= 11 is 5.30. The Morgan fingerprint density at radius 3 is 2.35 bits per heavy atom. The Bertz CT molecular complexity index is 577. The van der Waals surface area contributed by atoms with Gasteiger partial charge < -0.3 is 15.4 Å². The Morgan fingerprint density at radius 1 is 1.13 bits per heavy atom. The summed E-state index contributed by atoms with van der Waals surface area (Å²) in [5, 5.41) is 6.90. The van der Waals surface area contributed by atoms with Crippen molar-refractivity contribution >= 4 is 29.0 Å². The molecule has 0 aliphatic rings. The van der Waals surface area contributed by atoms with Crippen LogP contribution in [0.4, 0.5) is 5.69 Å². The third-order valence-electron chi connectivity index (χ3n) is 3.35. The van der Waals surface area contributed by atoms with Crippen molar-refractivity contribution in [3.05, 3.63) is 28.8 Å². The normalized spacial score (nSPS) is 11.0. The number of hydrogen-bond acceptors (Lipinski definition) is 3. The van der Waals surface area contributed by atoms with Crippen molar-refractivity contribution < 1.29 is 9.53 Å². The number of hydrogen-bond donors (Lipinski definition) is 2. The third kappa shape index (κ3) is 7.46. The van der Waals surface area contributed by atoms with Gasteiger partial charge in [0.05, 0.1) is 0 Å². The molecule has 0 amide bonds. The molecule has 0 fully saturated rings. The number of carbonyl (C=O) groups is 1. The van der Waals surface area contributed by atoms with Crippen LogP contribution in [0.1, 0.15) is 50.3 Å². The van der Waals surface area contributed by atoms with Gasteiger partial charge in [0.1, 0.15) is 5.60 Å². The highest BCUT2D eigenvalue weighted by Crippen LogP contribution is 2.19. The van der Waals surface area contributed by atoms with Gasteiger partial charge in [-0.3, -0.25) is 4.79 Å². The SMILES string of the molecule is Cc1cc(C)c(NC(=S)NCCCC(=O)OC(C)(C)C)cc1C. The summed E-state index contributed by atoms with van der Waals surface area (Å²) in [6, 6.07) is 4.24. The fourth-order valence-electron chi connectivity index (χ4n) is 2.09. The number of benzene rings is 1. The molecule has 4 nitrogen and oxygen atoms in total. The van der Waals surface area contributed by atoms with Gasteiger partial charge in [-0.2, -0.15) is 0 Å². The summed E-state index contributed by atoms with van der Waals surface area (Å²) in [5.74, 6) is -0.178. The van der Waals surface area contributed by atoms with Gasteiger partial charge in [-0.15, -0.1) is 0 Å². The van der Waals surface area contributed by atoms with Crippen LogP contribution in [-0.2, 0) is 9.53 Å². The monoisotopic (exact) mass is 336 g/mol. The Hall–Kier alpha value is -1.62. The van der Waals surface area contributed by atoms with Crippen molar-refractivity contribution in [2.45, 2.75) is 60.0 Å². The number of nitrogens with one attached hydrogen (secondary N) is 2. The van der Waals surface area contributed by atoms with E-state index >= 15 is 0 Å². The van der Waals surface area contributed by atoms with Gasteiger partial charge in [0, 0.05) is 18.7 Å². The number of aryl methyl sites for hydroxylation is 3. The van der Waals surface area contributed by atoms with E-state index < -0.39 is 5.60 Å². The maximum atomic E-state index is 11.6. The first kappa shape index (κ1) is 19.4. The minimum atomic E-state index is -0.428. The van der Waals surface area contributed by atoms with E-state index in [1.807, 2.05) is 20.8 Å². The zero-order chi connectivity index (χ0) is 17.6. The van der Waals surface area contributed by atoms with Gasteiger partial charge in [-0.05, 0) is 82.9 Å². The van der Waals surface area contributed by atoms with Gasteiger partial charge in [-0.1, -0.05) is 6.07 Å². The first-order valence-electron chi connectivity index (χ1n) is 7.93. The predicted octanol–water partition coefficient (Wildman–Crippen LogP) is 4.02. The lowest BCUT2D eigenvalue weighted by molar-refractivity contribution is -0.154. The van der Waals surface area contributed by atoms with E-state index in [2.05, 4.69) is 43.5 Å². The fraction of sp³-hybridized carbons (Fsp3) is 0.556. The molecule has 0 aromatic heterocycles. The average Bonchev–Trinajstić information content (AvgIpc) is 2.39. The molecule has 0 heterocycles. The van der Waals surface area contributed by atoms with E-state index in [-0.39, 0.29) is 5.97 Å². The molecule has 2 N–H and O–H groups in total. The van der Waals surface area contributed by atoms with Gasteiger partial charge in [0.15, 0.2) is 5.11 Å². The second-order valence-corrected chi connectivity index (χ2v) is 7.23. The Kier molecular flexibility index (Phi) is 7.01. The Labute approximate surface area is 145 Å². The molecule has 0 spiro atoms. The number of ether oxygens (including phenoxy) is 1. The molecule has 0 saturated carbocycles. The van der Waals surface area contributed by atoms with Crippen molar-refractivity contribution in [2.75, 3.05) is 11.9 Å². The van der Waals surface area contributed by atoms with E-state index in [0.717, 1.165) is 11.3 Å². The second-order valence-electron chi connectivity index (χ2n) is 6.82. The number of rotatable bonds is 5. The highest BCUT2D eigenvalue weighted by Gasteiger charge is 2.15. The van der Waals surface area contributed by atoms with E-state index in [4.69, 9.17) is 17.0 Å². The minimum absolute atomic E-state index is 0.178. The van der Waals surface area contributed by atoms with Crippen molar-refractivity contribution in [1.82, 2.24) is 5.32 Å². The summed E-state index contributed by atoms with van der Waals surface area (Å²) < 4.78 is 5.27. The van der Waals surface area contributed by atoms with E-state index in [0.29, 0.717) is 24.5 Å². The Balaban J connectivity index is 2.36. The van der Waals surface area contributed by atoms with Gasteiger partial charge >= 0.3 is 5.97 Å². The molecule has 1 rings (SSSR count). The maximum Gasteiger partial charge on any atom is 0.306 e. The minimum Gasteiger partial charge on any atom is -0.460 e. The summed E-state index contributed by atoms with van der Waals surface area (Å²) in [6.45, 7) is 12.5. The number of anilines is 1. The van der Waals surface area contributed by atoms with Crippen LogP contribution in [-0.4, -0.2) is 23.2 Å². The van der Waals surface area contributed by atoms with Crippen molar-refractivity contribution in [1.29, 1.82) is 0 Å². The molecule has 0 unspecified atom stereocenters.